The summed E-state index contributed by atoms with van der Waals surface area (Å²) < 4.78 is 1.96. The molecule has 1 aromatic carbocycles. The molecule has 0 radical (unpaired) electrons. The smallest absolute Gasteiger partial charge is 0.160 e. The average Bonchev–Trinajstić information content (AvgIpc) is 2.98. The van der Waals surface area contributed by atoms with Crippen molar-refractivity contribution in [3.8, 4) is 0 Å². The molecule has 3 rings (SSSR count). The fourth-order valence-corrected chi connectivity index (χ4v) is 2.76. The number of nitrogens with zero attached hydrogens (tertiary/aromatic N) is 3. The molecule has 0 aliphatic rings. The highest BCUT2D eigenvalue weighted by Crippen LogP contribution is 2.20. The molecule has 0 aliphatic heterocycles. The van der Waals surface area contributed by atoms with Crippen molar-refractivity contribution in [2.75, 3.05) is 6.54 Å². The Balaban J connectivity index is 1.71. The monoisotopic (exact) mass is 310 g/mol. The van der Waals surface area contributed by atoms with E-state index in [2.05, 4.69) is 21.6 Å². The van der Waals surface area contributed by atoms with E-state index in [1.54, 1.807) is 0 Å². The van der Waals surface area contributed by atoms with Crippen LogP contribution in [-0.2, 0) is 0 Å². The van der Waals surface area contributed by atoms with E-state index in [1.807, 2.05) is 61.7 Å². The van der Waals surface area contributed by atoms with Gasteiger partial charge >= 0.3 is 0 Å². The standard InChI is InChI=1S/C18H22N4O/c1-12-7-8-13(2)15(10-12)16(23)11-19-14(3)18-21-20-17-6-4-5-9-22(17)18/h4-10,14,16,19,23H,11H2,1-3H3/t14-,16-/m0/s1. The highest BCUT2D eigenvalue weighted by Gasteiger charge is 2.16. The van der Waals surface area contributed by atoms with Crippen LogP contribution in [0.2, 0.25) is 0 Å². The number of aryl methyl sites for hydroxylation is 2. The quantitative estimate of drug-likeness (QED) is 0.760. The van der Waals surface area contributed by atoms with Crippen LogP contribution < -0.4 is 5.32 Å². The van der Waals surface area contributed by atoms with Gasteiger partial charge in [-0.15, -0.1) is 10.2 Å². The molecule has 0 aliphatic carbocycles. The number of hydrogen-bond acceptors (Lipinski definition) is 4. The van der Waals surface area contributed by atoms with Gasteiger partial charge in [0.2, 0.25) is 0 Å². The number of aliphatic hydroxyl groups excluding tert-OH is 1. The van der Waals surface area contributed by atoms with E-state index >= 15 is 0 Å². The van der Waals surface area contributed by atoms with Crippen LogP contribution >= 0.6 is 0 Å². The van der Waals surface area contributed by atoms with Gasteiger partial charge in [0.25, 0.3) is 0 Å². The predicted molar refractivity (Wildman–Crippen MR) is 90.3 cm³/mol. The molecule has 2 aromatic heterocycles. The molecule has 0 amide bonds. The summed E-state index contributed by atoms with van der Waals surface area (Å²) in [6.45, 7) is 6.55. The minimum atomic E-state index is -0.545. The van der Waals surface area contributed by atoms with Crippen molar-refractivity contribution in [3.63, 3.8) is 0 Å². The van der Waals surface area contributed by atoms with Gasteiger partial charge in [-0.25, -0.2) is 0 Å². The third kappa shape index (κ3) is 3.25. The van der Waals surface area contributed by atoms with Crippen LogP contribution in [0.3, 0.4) is 0 Å². The summed E-state index contributed by atoms with van der Waals surface area (Å²) in [5.74, 6) is 0.841. The van der Waals surface area contributed by atoms with Crippen LogP contribution in [0, 0.1) is 13.8 Å². The predicted octanol–water partition coefficient (Wildman–Crippen LogP) is 2.73. The Hall–Kier alpha value is -2.24. The molecule has 5 heteroatoms. The van der Waals surface area contributed by atoms with Gasteiger partial charge in [0, 0.05) is 12.7 Å². The minimum Gasteiger partial charge on any atom is -0.387 e. The summed E-state index contributed by atoms with van der Waals surface area (Å²) in [6, 6.07) is 12.0. The van der Waals surface area contributed by atoms with Gasteiger partial charge in [0.15, 0.2) is 11.5 Å². The summed E-state index contributed by atoms with van der Waals surface area (Å²) in [5.41, 5.74) is 4.05. The average molecular weight is 310 g/mol. The summed E-state index contributed by atoms with van der Waals surface area (Å²) in [6.07, 6.45) is 1.40. The van der Waals surface area contributed by atoms with Gasteiger partial charge in [-0.2, -0.15) is 0 Å². The lowest BCUT2D eigenvalue weighted by molar-refractivity contribution is 0.169. The molecule has 3 aromatic rings. The second kappa shape index (κ2) is 6.48. The van der Waals surface area contributed by atoms with Crippen LogP contribution in [0.1, 0.15) is 41.6 Å². The largest absolute Gasteiger partial charge is 0.387 e. The zero-order chi connectivity index (χ0) is 16.4. The Morgan fingerprint density at radius 1 is 1.17 bits per heavy atom. The number of pyridine rings is 1. The Morgan fingerprint density at radius 2 is 2.00 bits per heavy atom. The van der Waals surface area contributed by atoms with E-state index in [4.69, 9.17) is 0 Å². The molecule has 2 heterocycles. The van der Waals surface area contributed by atoms with Crippen molar-refractivity contribution in [2.45, 2.75) is 32.9 Å². The van der Waals surface area contributed by atoms with Gasteiger partial charge in [0.05, 0.1) is 12.1 Å². The molecule has 2 N–H and O–H groups in total. The van der Waals surface area contributed by atoms with E-state index in [9.17, 15) is 5.11 Å². The van der Waals surface area contributed by atoms with Crippen LogP contribution in [-0.4, -0.2) is 26.2 Å². The van der Waals surface area contributed by atoms with E-state index in [0.29, 0.717) is 6.54 Å². The van der Waals surface area contributed by atoms with Gasteiger partial charge in [-0.05, 0) is 44.0 Å². The maximum atomic E-state index is 10.5. The van der Waals surface area contributed by atoms with Crippen LogP contribution in [0.15, 0.2) is 42.6 Å². The van der Waals surface area contributed by atoms with E-state index < -0.39 is 6.10 Å². The Labute approximate surface area is 136 Å². The summed E-state index contributed by atoms with van der Waals surface area (Å²) in [4.78, 5) is 0. The minimum absolute atomic E-state index is 0.00725. The molecule has 120 valence electrons. The maximum absolute atomic E-state index is 10.5. The van der Waals surface area contributed by atoms with Crippen molar-refractivity contribution in [1.29, 1.82) is 0 Å². The first kappa shape index (κ1) is 15.6. The lowest BCUT2D eigenvalue weighted by Gasteiger charge is -2.18. The van der Waals surface area contributed by atoms with Gasteiger partial charge in [-0.1, -0.05) is 29.8 Å². The van der Waals surface area contributed by atoms with Crippen LogP contribution in [0.5, 0.6) is 0 Å². The lowest BCUT2D eigenvalue weighted by Crippen LogP contribution is -2.26. The first-order chi connectivity index (χ1) is 11.1. The molecule has 2 atom stereocenters. The Kier molecular flexibility index (Phi) is 4.41. The zero-order valence-electron chi connectivity index (χ0n) is 13.7. The number of fused-ring (bicyclic) bond motifs is 1. The van der Waals surface area contributed by atoms with Gasteiger partial charge in [0.1, 0.15) is 0 Å². The first-order valence-corrected chi connectivity index (χ1v) is 7.84. The molecular formula is C18H22N4O. The fraction of sp³-hybridized carbons (Fsp3) is 0.333. The Bertz CT molecular complexity index is 812. The molecule has 0 unspecified atom stereocenters. The third-order valence-corrected chi connectivity index (χ3v) is 4.14. The van der Waals surface area contributed by atoms with Gasteiger partial charge in [-0.3, -0.25) is 4.40 Å². The van der Waals surface area contributed by atoms with Crippen molar-refractivity contribution in [1.82, 2.24) is 19.9 Å². The van der Waals surface area contributed by atoms with Gasteiger partial charge < -0.3 is 10.4 Å². The molecule has 0 spiro atoms. The number of nitrogens with one attached hydrogen (secondary N) is 1. The number of aromatic nitrogens is 3. The topological polar surface area (TPSA) is 62.5 Å². The van der Waals surface area contributed by atoms with E-state index in [0.717, 1.165) is 28.2 Å². The molecule has 0 bridgehead atoms. The normalized spacial score (nSPS) is 14.1. The molecule has 5 nitrogen and oxygen atoms in total. The summed E-state index contributed by atoms with van der Waals surface area (Å²) in [5, 5.41) is 22.2. The number of benzene rings is 1. The lowest BCUT2D eigenvalue weighted by atomic mass is 10.0. The number of hydrogen-bond donors (Lipinski definition) is 2. The molecule has 0 saturated carbocycles. The SMILES string of the molecule is Cc1ccc(C)c([C@@H](O)CN[C@@H](C)c2nnc3ccccn23)c1. The second-order valence-electron chi connectivity index (χ2n) is 5.99. The molecular weight excluding hydrogens is 288 g/mol. The Morgan fingerprint density at radius 3 is 2.83 bits per heavy atom. The zero-order valence-corrected chi connectivity index (χ0v) is 13.7. The number of aliphatic hydroxyl groups is 1. The highest BCUT2D eigenvalue weighted by atomic mass is 16.3. The van der Waals surface area contributed by atoms with E-state index in [1.165, 1.54) is 0 Å². The van der Waals surface area contributed by atoms with Crippen molar-refractivity contribution >= 4 is 5.65 Å². The maximum Gasteiger partial charge on any atom is 0.160 e. The third-order valence-electron chi connectivity index (χ3n) is 4.14. The summed E-state index contributed by atoms with van der Waals surface area (Å²) >= 11 is 0. The molecule has 0 saturated heterocycles. The summed E-state index contributed by atoms with van der Waals surface area (Å²) in [7, 11) is 0. The van der Waals surface area contributed by atoms with E-state index in [-0.39, 0.29) is 6.04 Å². The van der Waals surface area contributed by atoms with Crippen LogP contribution in [0.4, 0.5) is 0 Å². The van der Waals surface area contributed by atoms with Crippen LogP contribution in [0.25, 0.3) is 5.65 Å². The first-order valence-electron chi connectivity index (χ1n) is 7.84. The molecule has 23 heavy (non-hydrogen) atoms. The molecule has 0 fully saturated rings. The van der Waals surface area contributed by atoms with Crippen molar-refractivity contribution in [3.05, 3.63) is 65.1 Å². The fourth-order valence-electron chi connectivity index (χ4n) is 2.76. The highest BCUT2D eigenvalue weighted by molar-refractivity contribution is 5.37. The van der Waals surface area contributed by atoms with Crippen molar-refractivity contribution < 1.29 is 5.11 Å². The van der Waals surface area contributed by atoms with Crippen molar-refractivity contribution in [2.24, 2.45) is 0 Å². The number of rotatable bonds is 5. The second-order valence-corrected chi connectivity index (χ2v) is 5.99.